The zero-order valence-electron chi connectivity index (χ0n) is 14.7. The lowest BCUT2D eigenvalue weighted by Crippen LogP contribution is -2.40. The van der Waals surface area contributed by atoms with Gasteiger partial charge in [0.1, 0.15) is 5.82 Å². The Morgan fingerprint density at radius 1 is 1.00 bits per heavy atom. The fourth-order valence-electron chi connectivity index (χ4n) is 3.14. The highest BCUT2D eigenvalue weighted by atomic mass is 19.4. The third-order valence-corrected chi connectivity index (χ3v) is 4.48. The molecule has 1 aliphatic rings. The fraction of sp³-hybridized carbons (Fsp3) is 0.421. The van der Waals surface area contributed by atoms with Crippen molar-refractivity contribution in [2.45, 2.75) is 37.9 Å². The van der Waals surface area contributed by atoms with Crippen molar-refractivity contribution in [1.82, 2.24) is 4.98 Å². The van der Waals surface area contributed by atoms with Gasteiger partial charge in [-0.05, 0) is 48.7 Å². The minimum absolute atomic E-state index is 0.118. The molecule has 1 atom stereocenters. The van der Waals surface area contributed by atoms with Crippen molar-refractivity contribution in [3.05, 3.63) is 59.3 Å². The lowest BCUT2D eigenvalue weighted by Gasteiger charge is -2.33. The van der Waals surface area contributed by atoms with Gasteiger partial charge in [-0.1, -0.05) is 6.07 Å². The van der Waals surface area contributed by atoms with Crippen LogP contribution in [0, 0.1) is 0 Å². The number of piperidine rings is 1. The predicted molar refractivity (Wildman–Crippen MR) is 90.7 cm³/mol. The van der Waals surface area contributed by atoms with Crippen molar-refractivity contribution in [3.8, 4) is 0 Å². The average Bonchev–Trinajstić information content (AvgIpc) is 2.66. The summed E-state index contributed by atoms with van der Waals surface area (Å²) in [5, 5.41) is 0. The molecular formula is C19H18F6N2O. The van der Waals surface area contributed by atoms with Crippen LogP contribution in [-0.4, -0.2) is 24.2 Å². The Kier molecular flexibility index (Phi) is 5.83. The number of benzene rings is 1. The molecule has 1 aromatic carbocycles. The van der Waals surface area contributed by atoms with E-state index in [1.165, 1.54) is 0 Å². The van der Waals surface area contributed by atoms with Crippen molar-refractivity contribution in [1.29, 1.82) is 0 Å². The molecule has 28 heavy (non-hydrogen) atoms. The maximum Gasteiger partial charge on any atom is 0.416 e. The van der Waals surface area contributed by atoms with Crippen molar-refractivity contribution in [3.63, 3.8) is 0 Å². The number of hydrogen-bond acceptors (Lipinski definition) is 3. The molecule has 1 unspecified atom stereocenters. The minimum atomic E-state index is -4.86. The molecular weight excluding hydrogens is 386 g/mol. The second-order valence-electron chi connectivity index (χ2n) is 6.62. The summed E-state index contributed by atoms with van der Waals surface area (Å²) < 4.78 is 83.3. The number of aromatic nitrogens is 1. The van der Waals surface area contributed by atoms with Crippen molar-refractivity contribution in [2.24, 2.45) is 0 Å². The predicted octanol–water partition coefficient (Wildman–Crippen LogP) is 5.30. The van der Waals surface area contributed by atoms with Crippen molar-refractivity contribution in [2.75, 3.05) is 18.0 Å². The Bertz CT molecular complexity index is 759. The second kappa shape index (κ2) is 7.98. The van der Waals surface area contributed by atoms with E-state index in [0.29, 0.717) is 25.1 Å². The van der Waals surface area contributed by atoms with Crippen LogP contribution < -0.4 is 4.90 Å². The Balaban J connectivity index is 1.71. The number of halogens is 6. The second-order valence-corrected chi connectivity index (χ2v) is 6.62. The van der Waals surface area contributed by atoms with Crippen LogP contribution in [0.15, 0.2) is 42.6 Å². The summed E-state index contributed by atoms with van der Waals surface area (Å²) in [6.07, 6.45) is -6.92. The van der Waals surface area contributed by atoms with Gasteiger partial charge in [-0.25, -0.2) is 4.98 Å². The molecule has 0 spiro atoms. The number of rotatable bonds is 4. The van der Waals surface area contributed by atoms with E-state index in [0.717, 1.165) is 18.8 Å². The molecule has 0 N–H and O–H groups in total. The molecule has 3 rings (SSSR count). The molecule has 0 bridgehead atoms. The SMILES string of the molecule is FC(F)(F)c1cc(COC2CCCN(c3ccccn3)C2)cc(C(F)(F)F)c1. The molecule has 1 saturated heterocycles. The van der Waals surface area contributed by atoms with E-state index < -0.39 is 23.5 Å². The van der Waals surface area contributed by atoms with Crippen LogP contribution in [0.4, 0.5) is 32.2 Å². The largest absolute Gasteiger partial charge is 0.416 e. The first kappa shape index (κ1) is 20.4. The maximum absolute atomic E-state index is 12.9. The highest BCUT2D eigenvalue weighted by Crippen LogP contribution is 2.36. The summed E-state index contributed by atoms with van der Waals surface area (Å²) in [4.78, 5) is 6.24. The van der Waals surface area contributed by atoms with E-state index in [4.69, 9.17) is 4.74 Å². The number of pyridine rings is 1. The Morgan fingerprint density at radius 3 is 2.25 bits per heavy atom. The third-order valence-electron chi connectivity index (χ3n) is 4.48. The highest BCUT2D eigenvalue weighted by Gasteiger charge is 2.37. The normalized spacial score (nSPS) is 18.4. The minimum Gasteiger partial charge on any atom is -0.372 e. The summed E-state index contributed by atoms with van der Waals surface area (Å²) in [7, 11) is 0. The number of nitrogens with zero attached hydrogens (tertiary/aromatic N) is 2. The van der Waals surface area contributed by atoms with Crippen molar-refractivity contribution >= 4 is 5.82 Å². The molecule has 1 aromatic heterocycles. The fourth-order valence-corrected chi connectivity index (χ4v) is 3.14. The smallest absolute Gasteiger partial charge is 0.372 e. The standard InChI is InChI=1S/C19H18F6N2O/c20-18(21,22)14-8-13(9-15(10-14)19(23,24)25)12-28-16-4-3-7-27(11-16)17-5-1-2-6-26-17/h1-2,5-6,8-10,16H,3-4,7,11-12H2. The molecule has 9 heteroatoms. The highest BCUT2D eigenvalue weighted by molar-refractivity contribution is 5.38. The number of anilines is 1. The van der Waals surface area contributed by atoms with E-state index in [-0.39, 0.29) is 24.3 Å². The Hall–Kier alpha value is -2.29. The first-order valence-electron chi connectivity index (χ1n) is 8.69. The van der Waals surface area contributed by atoms with Gasteiger partial charge in [0.15, 0.2) is 0 Å². The zero-order valence-corrected chi connectivity index (χ0v) is 14.7. The van der Waals surface area contributed by atoms with Gasteiger partial charge in [-0.3, -0.25) is 0 Å². The lowest BCUT2D eigenvalue weighted by atomic mass is 10.0. The van der Waals surface area contributed by atoms with E-state index in [1.807, 2.05) is 17.0 Å². The monoisotopic (exact) mass is 404 g/mol. The van der Waals surface area contributed by atoms with Gasteiger partial charge in [0, 0.05) is 19.3 Å². The van der Waals surface area contributed by atoms with E-state index >= 15 is 0 Å². The van der Waals surface area contributed by atoms with Crippen LogP contribution in [-0.2, 0) is 23.7 Å². The summed E-state index contributed by atoms with van der Waals surface area (Å²) in [5.41, 5.74) is -2.82. The molecule has 152 valence electrons. The molecule has 3 nitrogen and oxygen atoms in total. The quantitative estimate of drug-likeness (QED) is 0.647. The molecule has 0 radical (unpaired) electrons. The van der Waals surface area contributed by atoms with E-state index in [9.17, 15) is 26.3 Å². The summed E-state index contributed by atoms with van der Waals surface area (Å²) >= 11 is 0. The van der Waals surface area contributed by atoms with E-state index in [2.05, 4.69) is 4.98 Å². The van der Waals surface area contributed by atoms with Gasteiger partial charge in [0.25, 0.3) is 0 Å². The van der Waals surface area contributed by atoms with Gasteiger partial charge in [0.05, 0.1) is 23.8 Å². The van der Waals surface area contributed by atoms with Crippen LogP contribution >= 0.6 is 0 Å². The molecule has 1 aliphatic heterocycles. The lowest BCUT2D eigenvalue weighted by molar-refractivity contribution is -0.143. The van der Waals surface area contributed by atoms with Crippen LogP contribution in [0.3, 0.4) is 0 Å². The zero-order chi connectivity index (χ0) is 20.4. The molecule has 2 aromatic rings. The van der Waals surface area contributed by atoms with Gasteiger partial charge in [-0.15, -0.1) is 0 Å². The summed E-state index contributed by atoms with van der Waals surface area (Å²) in [6.45, 7) is 0.911. The van der Waals surface area contributed by atoms with Gasteiger partial charge >= 0.3 is 12.4 Å². The molecule has 1 fully saturated rings. The van der Waals surface area contributed by atoms with E-state index in [1.54, 1.807) is 12.3 Å². The summed E-state index contributed by atoms with van der Waals surface area (Å²) in [6, 6.07) is 6.99. The number of ether oxygens (including phenoxy) is 1. The Morgan fingerprint density at radius 2 is 1.68 bits per heavy atom. The topological polar surface area (TPSA) is 25.4 Å². The first-order chi connectivity index (χ1) is 13.1. The third kappa shape index (κ3) is 5.15. The van der Waals surface area contributed by atoms with Crippen LogP contribution in [0.5, 0.6) is 0 Å². The van der Waals surface area contributed by atoms with Crippen molar-refractivity contribution < 1.29 is 31.1 Å². The summed E-state index contributed by atoms with van der Waals surface area (Å²) in [5.74, 6) is 0.759. The van der Waals surface area contributed by atoms with Gasteiger partial charge in [-0.2, -0.15) is 26.3 Å². The van der Waals surface area contributed by atoms with Gasteiger partial charge < -0.3 is 9.64 Å². The van der Waals surface area contributed by atoms with Crippen LogP contribution in [0.25, 0.3) is 0 Å². The number of alkyl halides is 6. The van der Waals surface area contributed by atoms with Crippen LogP contribution in [0.1, 0.15) is 29.5 Å². The average molecular weight is 404 g/mol. The maximum atomic E-state index is 12.9. The molecule has 0 saturated carbocycles. The van der Waals surface area contributed by atoms with Gasteiger partial charge in [0.2, 0.25) is 0 Å². The molecule has 2 heterocycles. The Labute approximate surface area is 157 Å². The first-order valence-corrected chi connectivity index (χ1v) is 8.69. The molecule has 0 aliphatic carbocycles. The molecule has 0 amide bonds. The van der Waals surface area contributed by atoms with Crippen LogP contribution in [0.2, 0.25) is 0 Å². The number of hydrogen-bond donors (Lipinski definition) is 0.